The summed E-state index contributed by atoms with van der Waals surface area (Å²) in [7, 11) is 0. The minimum atomic E-state index is -1.72. The summed E-state index contributed by atoms with van der Waals surface area (Å²) in [4.78, 5) is 25.6. The lowest BCUT2D eigenvalue weighted by molar-refractivity contribution is -0.150. The van der Waals surface area contributed by atoms with Gasteiger partial charge in [-0.05, 0) is 42.2 Å². The van der Waals surface area contributed by atoms with Crippen molar-refractivity contribution in [3.63, 3.8) is 0 Å². The first-order valence-corrected chi connectivity index (χ1v) is 8.23. The zero-order valence-corrected chi connectivity index (χ0v) is 14.6. The number of anilines is 1. The number of carbonyl (C=O) groups is 2. The molecule has 0 saturated heterocycles. The molecule has 0 bridgehead atoms. The van der Waals surface area contributed by atoms with E-state index in [0.29, 0.717) is 11.3 Å². The molecule has 0 radical (unpaired) electrons. The predicted octanol–water partition coefficient (Wildman–Crippen LogP) is 2.94. The van der Waals surface area contributed by atoms with E-state index in [9.17, 15) is 9.59 Å². The van der Waals surface area contributed by atoms with E-state index < -0.39 is 17.3 Å². The summed E-state index contributed by atoms with van der Waals surface area (Å²) in [5.41, 5.74) is 11.9. The Labute approximate surface area is 148 Å². The molecule has 25 heavy (non-hydrogen) atoms. The van der Waals surface area contributed by atoms with Crippen LogP contribution in [-0.2, 0) is 16.1 Å². The van der Waals surface area contributed by atoms with Gasteiger partial charge >= 0.3 is 5.97 Å². The van der Waals surface area contributed by atoms with Crippen molar-refractivity contribution in [2.75, 3.05) is 5.73 Å². The largest absolute Gasteiger partial charge is 0.459 e. The number of carbonyl (C=O) groups excluding carboxylic acids is 2. The molecule has 0 saturated carbocycles. The zero-order chi connectivity index (χ0) is 18.4. The van der Waals surface area contributed by atoms with E-state index >= 15 is 0 Å². The van der Waals surface area contributed by atoms with E-state index in [4.69, 9.17) is 16.2 Å². The number of rotatable bonds is 7. The Morgan fingerprint density at radius 1 is 1.04 bits per heavy atom. The standard InChI is InChI=1S/C20H24N2O3/c1-14(2)12-20(22,18(23)16-8-10-17(21)11-9-16)19(24)25-13-15-6-4-3-5-7-15/h3-11,14H,12-13,21-22H2,1-2H3/t20-/m1/s1. The van der Waals surface area contributed by atoms with Crippen molar-refractivity contribution >= 4 is 17.4 Å². The Bertz CT molecular complexity index is 726. The van der Waals surface area contributed by atoms with E-state index in [2.05, 4.69) is 0 Å². The highest BCUT2D eigenvalue weighted by molar-refractivity contribution is 6.16. The fraction of sp³-hybridized carbons (Fsp3) is 0.300. The maximum absolute atomic E-state index is 12.9. The van der Waals surface area contributed by atoms with E-state index in [1.165, 1.54) is 0 Å². The first-order valence-electron chi connectivity index (χ1n) is 8.23. The molecule has 0 spiro atoms. The smallest absolute Gasteiger partial charge is 0.334 e. The summed E-state index contributed by atoms with van der Waals surface area (Å²) in [6.45, 7) is 3.89. The third-order valence-electron chi connectivity index (χ3n) is 3.89. The molecule has 0 aliphatic carbocycles. The molecule has 0 unspecified atom stereocenters. The number of hydrogen-bond donors (Lipinski definition) is 2. The van der Waals surface area contributed by atoms with Gasteiger partial charge in [-0.2, -0.15) is 0 Å². The number of hydrogen-bond acceptors (Lipinski definition) is 5. The average molecular weight is 340 g/mol. The summed E-state index contributed by atoms with van der Waals surface area (Å²) in [5, 5.41) is 0. The SMILES string of the molecule is CC(C)C[C@](N)(C(=O)OCc1ccccc1)C(=O)c1ccc(N)cc1. The Hall–Kier alpha value is -2.66. The molecule has 2 rings (SSSR count). The van der Waals surface area contributed by atoms with Crippen LogP contribution in [0.5, 0.6) is 0 Å². The van der Waals surface area contributed by atoms with Crippen molar-refractivity contribution in [1.82, 2.24) is 0 Å². The van der Waals surface area contributed by atoms with Gasteiger partial charge < -0.3 is 16.2 Å². The number of nitrogen functional groups attached to an aromatic ring is 1. The van der Waals surface area contributed by atoms with Gasteiger partial charge in [-0.25, -0.2) is 4.79 Å². The van der Waals surface area contributed by atoms with Gasteiger partial charge in [0.25, 0.3) is 0 Å². The Morgan fingerprint density at radius 2 is 1.64 bits per heavy atom. The molecule has 5 heteroatoms. The van der Waals surface area contributed by atoms with Crippen molar-refractivity contribution in [2.45, 2.75) is 32.4 Å². The Kier molecular flexibility index (Phi) is 5.93. The van der Waals surface area contributed by atoms with Gasteiger partial charge in [-0.1, -0.05) is 44.2 Å². The second-order valence-electron chi connectivity index (χ2n) is 6.58. The number of Topliss-reactive ketones (excluding diaryl/α,β-unsaturated/α-hetero) is 1. The molecule has 1 atom stereocenters. The van der Waals surface area contributed by atoms with Crippen LogP contribution in [0.25, 0.3) is 0 Å². The molecule has 132 valence electrons. The molecule has 0 aliphatic heterocycles. The third kappa shape index (κ3) is 4.67. The highest BCUT2D eigenvalue weighted by Gasteiger charge is 2.44. The highest BCUT2D eigenvalue weighted by Crippen LogP contribution is 2.23. The average Bonchev–Trinajstić information content (AvgIpc) is 2.60. The van der Waals surface area contributed by atoms with Gasteiger partial charge in [0, 0.05) is 11.3 Å². The first kappa shape index (κ1) is 18.7. The van der Waals surface area contributed by atoms with Crippen molar-refractivity contribution in [2.24, 2.45) is 11.7 Å². The van der Waals surface area contributed by atoms with E-state index in [1.54, 1.807) is 24.3 Å². The van der Waals surface area contributed by atoms with Crippen molar-refractivity contribution in [3.8, 4) is 0 Å². The molecule has 5 nitrogen and oxygen atoms in total. The van der Waals surface area contributed by atoms with Crippen LogP contribution in [0.2, 0.25) is 0 Å². The number of esters is 1. The summed E-state index contributed by atoms with van der Waals surface area (Å²) >= 11 is 0. The summed E-state index contributed by atoms with van der Waals surface area (Å²) in [5.74, 6) is -1.13. The predicted molar refractivity (Wildman–Crippen MR) is 97.8 cm³/mol. The van der Waals surface area contributed by atoms with Gasteiger partial charge in [-0.15, -0.1) is 0 Å². The maximum Gasteiger partial charge on any atom is 0.334 e. The van der Waals surface area contributed by atoms with Crippen molar-refractivity contribution in [1.29, 1.82) is 0 Å². The maximum atomic E-state index is 12.9. The van der Waals surface area contributed by atoms with E-state index in [0.717, 1.165) is 5.56 Å². The lowest BCUT2D eigenvalue weighted by Gasteiger charge is -2.27. The van der Waals surface area contributed by atoms with Gasteiger partial charge in [0.1, 0.15) is 6.61 Å². The molecule has 2 aromatic rings. The van der Waals surface area contributed by atoms with Crippen LogP contribution in [0.4, 0.5) is 5.69 Å². The number of nitrogens with two attached hydrogens (primary N) is 2. The quantitative estimate of drug-likeness (QED) is 0.350. The number of benzene rings is 2. The topological polar surface area (TPSA) is 95.4 Å². The first-order chi connectivity index (χ1) is 11.8. The van der Waals surface area contributed by atoms with Crippen LogP contribution in [0.15, 0.2) is 54.6 Å². The minimum absolute atomic E-state index is 0.0482. The monoisotopic (exact) mass is 340 g/mol. The normalized spacial score (nSPS) is 13.3. The van der Waals surface area contributed by atoms with Gasteiger partial charge in [0.15, 0.2) is 11.3 Å². The molecule has 0 heterocycles. The molecule has 2 aromatic carbocycles. The molecular weight excluding hydrogens is 316 g/mol. The molecule has 4 N–H and O–H groups in total. The van der Waals surface area contributed by atoms with Crippen molar-refractivity contribution in [3.05, 3.63) is 65.7 Å². The van der Waals surface area contributed by atoms with Gasteiger partial charge in [0.05, 0.1) is 0 Å². The minimum Gasteiger partial charge on any atom is -0.459 e. The molecule has 0 amide bonds. The van der Waals surface area contributed by atoms with Crippen molar-refractivity contribution < 1.29 is 14.3 Å². The van der Waals surface area contributed by atoms with Gasteiger partial charge in [0.2, 0.25) is 0 Å². The second kappa shape index (κ2) is 7.94. The molecule has 0 fully saturated rings. The fourth-order valence-electron chi connectivity index (χ4n) is 2.66. The lowest BCUT2D eigenvalue weighted by atomic mass is 9.83. The molecular formula is C20H24N2O3. The van der Waals surface area contributed by atoms with Crippen LogP contribution < -0.4 is 11.5 Å². The Balaban J connectivity index is 2.21. The third-order valence-corrected chi connectivity index (χ3v) is 3.89. The molecule has 0 aliphatic rings. The van der Waals surface area contributed by atoms with Crippen LogP contribution in [0.1, 0.15) is 36.2 Å². The molecule has 0 aromatic heterocycles. The summed E-state index contributed by atoms with van der Waals surface area (Å²) in [6.07, 6.45) is 0.198. The summed E-state index contributed by atoms with van der Waals surface area (Å²) < 4.78 is 5.35. The zero-order valence-electron chi connectivity index (χ0n) is 14.6. The van der Waals surface area contributed by atoms with Gasteiger partial charge in [-0.3, -0.25) is 4.79 Å². The lowest BCUT2D eigenvalue weighted by Crippen LogP contribution is -2.56. The number of ketones is 1. The van der Waals surface area contributed by atoms with Crippen LogP contribution in [0.3, 0.4) is 0 Å². The Morgan fingerprint density at radius 3 is 2.20 bits per heavy atom. The van der Waals surface area contributed by atoms with Crippen LogP contribution >= 0.6 is 0 Å². The van der Waals surface area contributed by atoms with E-state index in [1.807, 2.05) is 44.2 Å². The highest BCUT2D eigenvalue weighted by atomic mass is 16.5. The van der Waals surface area contributed by atoms with E-state index in [-0.39, 0.29) is 18.9 Å². The number of ether oxygens (including phenoxy) is 1. The fourth-order valence-corrected chi connectivity index (χ4v) is 2.66. The second-order valence-corrected chi connectivity index (χ2v) is 6.58. The van der Waals surface area contributed by atoms with Crippen LogP contribution in [0, 0.1) is 5.92 Å². The van der Waals surface area contributed by atoms with Crippen LogP contribution in [-0.4, -0.2) is 17.3 Å². The summed E-state index contributed by atoms with van der Waals surface area (Å²) in [6, 6.07) is 15.6.